The van der Waals surface area contributed by atoms with Crippen molar-refractivity contribution < 1.29 is 0 Å². The van der Waals surface area contributed by atoms with E-state index in [1.165, 1.54) is 16.8 Å². The fraction of sp³-hybridized carbons (Fsp3) is 0.308. The van der Waals surface area contributed by atoms with Crippen molar-refractivity contribution in [1.29, 1.82) is 0 Å². The molecule has 0 atom stereocenters. The molecule has 0 aliphatic carbocycles. The third-order valence-electron chi connectivity index (χ3n) is 2.77. The molecule has 0 fully saturated rings. The average molecular weight is 215 g/mol. The van der Waals surface area contributed by atoms with Crippen LogP contribution in [0, 0.1) is 20.8 Å². The van der Waals surface area contributed by atoms with Crippen molar-refractivity contribution in [2.24, 2.45) is 0 Å². The maximum Gasteiger partial charge on any atom is 0.0925 e. The fourth-order valence-corrected chi connectivity index (χ4v) is 1.67. The number of H-pyrrole nitrogens is 1. The Labute approximate surface area is 95.9 Å². The summed E-state index contributed by atoms with van der Waals surface area (Å²) in [6.45, 7) is 7.01. The van der Waals surface area contributed by atoms with E-state index in [1.54, 1.807) is 6.33 Å². The van der Waals surface area contributed by atoms with E-state index in [0.29, 0.717) is 0 Å². The zero-order valence-corrected chi connectivity index (χ0v) is 9.96. The minimum Gasteiger partial charge on any atom is -0.379 e. The van der Waals surface area contributed by atoms with E-state index in [1.807, 2.05) is 6.92 Å². The Bertz CT molecular complexity index is 486. The fourth-order valence-electron chi connectivity index (χ4n) is 1.67. The van der Waals surface area contributed by atoms with Crippen LogP contribution in [0.5, 0.6) is 0 Å². The molecular formula is C13H17N3. The lowest BCUT2D eigenvalue weighted by molar-refractivity contribution is 1.04. The number of aromatic nitrogens is 2. The van der Waals surface area contributed by atoms with Crippen molar-refractivity contribution in [2.45, 2.75) is 27.3 Å². The number of hydrogen-bond donors (Lipinski definition) is 2. The second kappa shape index (κ2) is 4.39. The molecule has 1 aromatic heterocycles. The van der Waals surface area contributed by atoms with Gasteiger partial charge in [-0.25, -0.2) is 4.98 Å². The Hall–Kier alpha value is -1.77. The summed E-state index contributed by atoms with van der Waals surface area (Å²) in [6, 6.07) is 6.42. The van der Waals surface area contributed by atoms with Gasteiger partial charge in [-0.15, -0.1) is 0 Å². The monoisotopic (exact) mass is 215 g/mol. The van der Waals surface area contributed by atoms with Gasteiger partial charge >= 0.3 is 0 Å². The van der Waals surface area contributed by atoms with E-state index in [-0.39, 0.29) is 0 Å². The number of imidazole rings is 1. The van der Waals surface area contributed by atoms with E-state index in [4.69, 9.17) is 0 Å². The number of rotatable bonds is 3. The molecule has 0 amide bonds. The Morgan fingerprint density at radius 3 is 2.75 bits per heavy atom. The molecule has 1 aromatic carbocycles. The molecule has 0 bridgehead atoms. The Balaban J connectivity index is 2.10. The number of nitrogens with one attached hydrogen (secondary N) is 2. The van der Waals surface area contributed by atoms with Gasteiger partial charge in [0.05, 0.1) is 18.6 Å². The van der Waals surface area contributed by atoms with Crippen LogP contribution in [0.15, 0.2) is 24.5 Å². The normalized spacial score (nSPS) is 10.4. The van der Waals surface area contributed by atoms with Crippen LogP contribution in [0.4, 0.5) is 5.69 Å². The molecule has 16 heavy (non-hydrogen) atoms. The standard InChI is InChI=1S/C13H17N3/c1-9-4-5-10(2)12(6-9)14-7-13-11(3)15-8-16-13/h4-6,8,14H,7H2,1-3H3,(H,15,16). The Morgan fingerprint density at radius 2 is 2.06 bits per heavy atom. The van der Waals surface area contributed by atoms with Crippen LogP contribution in [0.3, 0.4) is 0 Å². The first kappa shape index (κ1) is 10.7. The summed E-state index contributed by atoms with van der Waals surface area (Å²) in [7, 11) is 0. The first-order valence-electron chi connectivity index (χ1n) is 5.47. The van der Waals surface area contributed by atoms with E-state index in [0.717, 1.165) is 17.9 Å². The molecule has 3 nitrogen and oxygen atoms in total. The number of hydrogen-bond acceptors (Lipinski definition) is 2. The van der Waals surface area contributed by atoms with Gasteiger partial charge in [0.25, 0.3) is 0 Å². The van der Waals surface area contributed by atoms with Gasteiger partial charge in [0.15, 0.2) is 0 Å². The summed E-state index contributed by atoms with van der Waals surface area (Å²) < 4.78 is 0. The van der Waals surface area contributed by atoms with Crippen molar-refractivity contribution in [1.82, 2.24) is 9.97 Å². The van der Waals surface area contributed by atoms with Crippen molar-refractivity contribution in [3.05, 3.63) is 47.0 Å². The van der Waals surface area contributed by atoms with Gasteiger partial charge in [0.2, 0.25) is 0 Å². The minimum atomic E-state index is 0.764. The lowest BCUT2D eigenvalue weighted by Crippen LogP contribution is -2.02. The van der Waals surface area contributed by atoms with Crippen molar-refractivity contribution >= 4 is 5.69 Å². The first-order chi connectivity index (χ1) is 7.66. The zero-order valence-electron chi connectivity index (χ0n) is 9.96. The highest BCUT2D eigenvalue weighted by molar-refractivity contribution is 5.52. The third-order valence-corrected chi connectivity index (χ3v) is 2.77. The quantitative estimate of drug-likeness (QED) is 0.826. The summed E-state index contributed by atoms with van der Waals surface area (Å²) in [5.41, 5.74) is 5.91. The van der Waals surface area contributed by atoms with Crippen LogP contribution in [-0.2, 0) is 6.54 Å². The molecule has 0 saturated carbocycles. The highest BCUT2D eigenvalue weighted by Crippen LogP contribution is 2.17. The van der Waals surface area contributed by atoms with Gasteiger partial charge in [-0.2, -0.15) is 0 Å². The number of nitrogens with zero attached hydrogens (tertiary/aromatic N) is 1. The smallest absolute Gasteiger partial charge is 0.0925 e. The largest absolute Gasteiger partial charge is 0.379 e. The molecule has 2 aromatic rings. The van der Waals surface area contributed by atoms with Crippen LogP contribution in [-0.4, -0.2) is 9.97 Å². The molecule has 84 valence electrons. The van der Waals surface area contributed by atoms with Gasteiger partial charge in [-0.3, -0.25) is 0 Å². The van der Waals surface area contributed by atoms with E-state index < -0.39 is 0 Å². The number of benzene rings is 1. The molecule has 3 heteroatoms. The summed E-state index contributed by atoms with van der Waals surface area (Å²) >= 11 is 0. The van der Waals surface area contributed by atoms with Gasteiger partial charge in [0.1, 0.15) is 0 Å². The van der Waals surface area contributed by atoms with Gasteiger partial charge < -0.3 is 10.3 Å². The highest BCUT2D eigenvalue weighted by atomic mass is 14.9. The topological polar surface area (TPSA) is 40.7 Å². The molecular weight excluding hydrogens is 198 g/mol. The van der Waals surface area contributed by atoms with Gasteiger partial charge in [-0.1, -0.05) is 12.1 Å². The molecule has 0 saturated heterocycles. The number of aromatic amines is 1. The average Bonchev–Trinajstić information content (AvgIpc) is 2.66. The Kier molecular flexibility index (Phi) is 2.95. The van der Waals surface area contributed by atoms with Crippen molar-refractivity contribution in [3.63, 3.8) is 0 Å². The number of aryl methyl sites for hydroxylation is 3. The van der Waals surface area contributed by atoms with Crippen LogP contribution in [0.2, 0.25) is 0 Å². The summed E-state index contributed by atoms with van der Waals surface area (Å²) in [4.78, 5) is 7.34. The van der Waals surface area contributed by atoms with Crippen LogP contribution in [0.25, 0.3) is 0 Å². The van der Waals surface area contributed by atoms with E-state index in [9.17, 15) is 0 Å². The van der Waals surface area contributed by atoms with Crippen LogP contribution < -0.4 is 5.32 Å². The molecule has 0 radical (unpaired) electrons. The van der Waals surface area contributed by atoms with Crippen LogP contribution >= 0.6 is 0 Å². The van der Waals surface area contributed by atoms with Gasteiger partial charge in [-0.05, 0) is 38.0 Å². The molecule has 0 spiro atoms. The summed E-state index contributed by atoms with van der Waals surface area (Å²) in [5, 5.41) is 3.41. The lowest BCUT2D eigenvalue weighted by atomic mass is 10.1. The molecule has 2 rings (SSSR count). The second-order valence-electron chi connectivity index (χ2n) is 4.15. The van der Waals surface area contributed by atoms with E-state index >= 15 is 0 Å². The minimum absolute atomic E-state index is 0.764. The first-order valence-corrected chi connectivity index (χ1v) is 5.47. The Morgan fingerprint density at radius 1 is 1.25 bits per heavy atom. The molecule has 0 aliphatic heterocycles. The van der Waals surface area contributed by atoms with E-state index in [2.05, 4.69) is 47.3 Å². The third kappa shape index (κ3) is 2.24. The summed E-state index contributed by atoms with van der Waals surface area (Å²) in [6.07, 6.45) is 1.73. The van der Waals surface area contributed by atoms with Crippen LogP contribution in [0.1, 0.15) is 22.5 Å². The second-order valence-corrected chi connectivity index (χ2v) is 4.15. The number of anilines is 1. The summed E-state index contributed by atoms with van der Waals surface area (Å²) in [5.74, 6) is 0. The zero-order chi connectivity index (χ0) is 11.5. The van der Waals surface area contributed by atoms with Crippen molar-refractivity contribution in [3.8, 4) is 0 Å². The maximum absolute atomic E-state index is 4.26. The maximum atomic E-state index is 4.26. The predicted molar refractivity (Wildman–Crippen MR) is 66.6 cm³/mol. The predicted octanol–water partition coefficient (Wildman–Crippen LogP) is 2.95. The molecule has 0 unspecified atom stereocenters. The SMILES string of the molecule is Cc1ccc(C)c(NCc2nc[nH]c2C)c1. The van der Waals surface area contributed by atoms with Gasteiger partial charge in [0, 0.05) is 11.4 Å². The van der Waals surface area contributed by atoms with Crippen molar-refractivity contribution in [2.75, 3.05) is 5.32 Å². The molecule has 2 N–H and O–H groups in total. The lowest BCUT2D eigenvalue weighted by Gasteiger charge is -2.09. The molecule has 1 heterocycles. The molecule has 0 aliphatic rings. The highest BCUT2D eigenvalue weighted by Gasteiger charge is 2.02.